The monoisotopic (exact) mass is 405 g/mol. The van der Waals surface area contributed by atoms with Crippen LogP contribution in [0.1, 0.15) is 5.56 Å². The molecule has 0 saturated heterocycles. The van der Waals surface area contributed by atoms with Gasteiger partial charge in [0.1, 0.15) is 5.75 Å². The van der Waals surface area contributed by atoms with E-state index < -0.39 is 21.5 Å². The fourth-order valence-corrected chi connectivity index (χ4v) is 3.71. The Labute approximate surface area is 155 Å². The summed E-state index contributed by atoms with van der Waals surface area (Å²) in [4.78, 5) is 13.6. The minimum absolute atomic E-state index is 0.0585. The summed E-state index contributed by atoms with van der Waals surface area (Å²) < 4.78 is 24.6. The summed E-state index contributed by atoms with van der Waals surface area (Å²) in [6.45, 7) is 0.228. The lowest BCUT2D eigenvalue weighted by Gasteiger charge is -2.17. The summed E-state index contributed by atoms with van der Waals surface area (Å²) >= 11 is 17.5. The van der Waals surface area contributed by atoms with Crippen LogP contribution in [-0.4, -0.2) is 32.0 Å². The predicted octanol–water partition coefficient (Wildman–Crippen LogP) is 4.08. The Morgan fingerprint density at radius 1 is 1.00 bits per heavy atom. The first-order valence-electron chi connectivity index (χ1n) is 6.85. The van der Waals surface area contributed by atoms with Crippen molar-refractivity contribution in [2.24, 2.45) is 0 Å². The number of carbonyl (C=O) groups is 1. The molecule has 2 aromatic carbocycles. The first-order chi connectivity index (χ1) is 11.2. The Hall–Kier alpha value is -1.27. The fraction of sp³-hybridized carbons (Fsp3) is 0.188. The van der Waals surface area contributed by atoms with Crippen molar-refractivity contribution in [3.63, 3.8) is 0 Å². The molecule has 2 aromatic rings. The zero-order chi connectivity index (χ0) is 17.9. The second kappa shape index (κ2) is 7.74. The van der Waals surface area contributed by atoms with Gasteiger partial charge in [0.25, 0.3) is 0 Å². The largest absolute Gasteiger partial charge is 0.341 e. The topological polar surface area (TPSA) is 54.5 Å². The van der Waals surface area contributed by atoms with Crippen LogP contribution >= 0.6 is 34.8 Å². The lowest BCUT2D eigenvalue weighted by atomic mass is 10.2. The fourth-order valence-electron chi connectivity index (χ4n) is 2.00. The number of hydrogen-bond donors (Lipinski definition) is 0. The standard InChI is InChI=1S/C16H14Cl3NO3S/c1-20(9-11-2-7-14(18)15(19)8-11)16(21)10-24(22,23)13-5-3-12(17)4-6-13/h2-8H,9-10H2,1H3. The van der Waals surface area contributed by atoms with E-state index in [0.717, 1.165) is 5.56 Å². The molecule has 128 valence electrons. The van der Waals surface area contributed by atoms with Gasteiger partial charge in [-0.15, -0.1) is 0 Å². The molecule has 0 aliphatic carbocycles. The van der Waals surface area contributed by atoms with Gasteiger partial charge in [0.2, 0.25) is 5.91 Å². The minimum atomic E-state index is -3.73. The van der Waals surface area contributed by atoms with E-state index in [-0.39, 0.29) is 11.4 Å². The van der Waals surface area contributed by atoms with Crippen molar-refractivity contribution >= 4 is 50.5 Å². The van der Waals surface area contributed by atoms with Gasteiger partial charge in [0, 0.05) is 18.6 Å². The Morgan fingerprint density at radius 2 is 1.62 bits per heavy atom. The molecule has 0 heterocycles. The molecule has 0 bridgehead atoms. The Bertz CT molecular complexity index is 851. The molecule has 0 radical (unpaired) electrons. The quantitative estimate of drug-likeness (QED) is 0.752. The van der Waals surface area contributed by atoms with Gasteiger partial charge >= 0.3 is 0 Å². The maximum absolute atomic E-state index is 12.3. The lowest BCUT2D eigenvalue weighted by Crippen LogP contribution is -2.32. The third kappa shape index (κ3) is 4.86. The third-order valence-corrected chi connectivity index (χ3v) is 5.92. The Morgan fingerprint density at radius 3 is 2.21 bits per heavy atom. The Kier molecular flexibility index (Phi) is 6.15. The molecule has 0 fully saturated rings. The van der Waals surface area contributed by atoms with Crippen molar-refractivity contribution in [1.82, 2.24) is 4.90 Å². The van der Waals surface area contributed by atoms with Crippen molar-refractivity contribution in [2.75, 3.05) is 12.8 Å². The van der Waals surface area contributed by atoms with Crippen LogP contribution in [0.15, 0.2) is 47.4 Å². The van der Waals surface area contributed by atoms with Crippen LogP contribution in [0.3, 0.4) is 0 Å². The smallest absolute Gasteiger partial charge is 0.238 e. The highest BCUT2D eigenvalue weighted by Gasteiger charge is 2.22. The van der Waals surface area contributed by atoms with Crippen molar-refractivity contribution in [1.29, 1.82) is 0 Å². The molecule has 0 atom stereocenters. The lowest BCUT2D eigenvalue weighted by molar-refractivity contribution is -0.127. The van der Waals surface area contributed by atoms with Crippen LogP contribution in [0.2, 0.25) is 15.1 Å². The van der Waals surface area contributed by atoms with Crippen LogP contribution in [0.25, 0.3) is 0 Å². The Balaban J connectivity index is 2.07. The SMILES string of the molecule is CN(Cc1ccc(Cl)c(Cl)c1)C(=O)CS(=O)(=O)c1ccc(Cl)cc1. The van der Waals surface area contributed by atoms with Crippen molar-refractivity contribution in [3.8, 4) is 0 Å². The second-order valence-electron chi connectivity index (χ2n) is 5.21. The van der Waals surface area contributed by atoms with Gasteiger partial charge in [-0.25, -0.2) is 8.42 Å². The molecule has 0 N–H and O–H groups in total. The van der Waals surface area contributed by atoms with Gasteiger partial charge in [-0.2, -0.15) is 0 Å². The molecule has 4 nitrogen and oxygen atoms in total. The molecule has 0 unspecified atom stereocenters. The summed E-state index contributed by atoms with van der Waals surface area (Å²) in [5.74, 6) is -1.14. The average Bonchev–Trinajstić information content (AvgIpc) is 2.51. The molecule has 1 amide bonds. The maximum Gasteiger partial charge on any atom is 0.238 e. The number of sulfone groups is 1. The minimum Gasteiger partial charge on any atom is -0.341 e. The summed E-state index contributed by atoms with van der Waals surface area (Å²) in [5, 5.41) is 1.22. The van der Waals surface area contributed by atoms with Crippen molar-refractivity contribution in [3.05, 3.63) is 63.1 Å². The van der Waals surface area contributed by atoms with E-state index in [9.17, 15) is 13.2 Å². The number of halogens is 3. The van der Waals surface area contributed by atoms with E-state index in [2.05, 4.69) is 0 Å². The van der Waals surface area contributed by atoms with E-state index >= 15 is 0 Å². The maximum atomic E-state index is 12.3. The molecule has 8 heteroatoms. The number of amides is 1. The zero-order valence-corrected chi connectivity index (χ0v) is 15.8. The number of hydrogen-bond acceptors (Lipinski definition) is 3. The summed E-state index contributed by atoms with van der Waals surface area (Å²) in [6, 6.07) is 10.7. The number of nitrogens with zero attached hydrogens (tertiary/aromatic N) is 1. The molecule has 24 heavy (non-hydrogen) atoms. The van der Waals surface area contributed by atoms with Gasteiger partial charge in [0.05, 0.1) is 14.9 Å². The summed E-state index contributed by atoms with van der Waals surface area (Å²) in [7, 11) is -2.20. The van der Waals surface area contributed by atoms with Crippen molar-refractivity contribution in [2.45, 2.75) is 11.4 Å². The third-order valence-electron chi connectivity index (χ3n) is 3.32. The van der Waals surface area contributed by atoms with Crippen molar-refractivity contribution < 1.29 is 13.2 Å². The average molecular weight is 407 g/mol. The van der Waals surface area contributed by atoms with Gasteiger partial charge in [-0.05, 0) is 42.0 Å². The number of carbonyl (C=O) groups excluding carboxylic acids is 1. The van der Waals surface area contributed by atoms with Crippen LogP contribution in [0, 0.1) is 0 Å². The highest BCUT2D eigenvalue weighted by molar-refractivity contribution is 7.92. The normalized spacial score (nSPS) is 11.3. The molecule has 0 aliphatic heterocycles. The number of rotatable bonds is 5. The van der Waals surface area contributed by atoms with Crippen LogP contribution in [0.5, 0.6) is 0 Å². The molecule has 0 aromatic heterocycles. The summed E-state index contributed by atoms with van der Waals surface area (Å²) in [5.41, 5.74) is 0.754. The molecular weight excluding hydrogens is 393 g/mol. The highest BCUT2D eigenvalue weighted by atomic mass is 35.5. The van der Waals surface area contributed by atoms with Gasteiger partial charge in [0.15, 0.2) is 9.84 Å². The van der Waals surface area contributed by atoms with E-state index in [0.29, 0.717) is 15.1 Å². The molecule has 2 rings (SSSR count). The van der Waals surface area contributed by atoms with Gasteiger partial charge in [-0.1, -0.05) is 40.9 Å². The zero-order valence-electron chi connectivity index (χ0n) is 12.7. The van der Waals surface area contributed by atoms with Gasteiger partial charge < -0.3 is 4.90 Å². The predicted molar refractivity (Wildman–Crippen MR) is 96.4 cm³/mol. The summed E-state index contributed by atoms with van der Waals surface area (Å²) in [6.07, 6.45) is 0. The van der Waals surface area contributed by atoms with Crippen LogP contribution in [-0.2, 0) is 21.2 Å². The van der Waals surface area contributed by atoms with E-state index in [1.807, 2.05) is 0 Å². The van der Waals surface area contributed by atoms with Crippen LogP contribution in [0.4, 0.5) is 0 Å². The van der Waals surface area contributed by atoms with E-state index in [1.165, 1.54) is 36.2 Å². The molecule has 0 spiro atoms. The molecule has 0 saturated carbocycles. The molecular formula is C16H14Cl3NO3S. The number of benzene rings is 2. The highest BCUT2D eigenvalue weighted by Crippen LogP contribution is 2.23. The van der Waals surface area contributed by atoms with E-state index in [4.69, 9.17) is 34.8 Å². The first kappa shape index (κ1) is 19.1. The molecule has 0 aliphatic rings. The van der Waals surface area contributed by atoms with E-state index in [1.54, 1.807) is 18.2 Å². The second-order valence-corrected chi connectivity index (χ2v) is 8.45. The van der Waals surface area contributed by atoms with Crippen LogP contribution < -0.4 is 0 Å². The first-order valence-corrected chi connectivity index (χ1v) is 9.64. The van der Waals surface area contributed by atoms with Gasteiger partial charge in [-0.3, -0.25) is 4.79 Å².